The number of piperazine rings is 1. The third-order valence-corrected chi connectivity index (χ3v) is 6.80. The Morgan fingerprint density at radius 1 is 1.03 bits per heavy atom. The van der Waals surface area contributed by atoms with Crippen LogP contribution < -0.4 is 10.2 Å². The van der Waals surface area contributed by atoms with E-state index < -0.39 is 0 Å². The average Bonchev–Trinajstić information content (AvgIpc) is 2.76. The molecule has 1 fully saturated rings. The molecular weight excluding hydrogens is 419 g/mol. The molecule has 0 radical (unpaired) electrons. The predicted octanol–water partition coefficient (Wildman–Crippen LogP) is 4.81. The van der Waals surface area contributed by atoms with Crippen LogP contribution in [0.2, 0.25) is 10.0 Å². The van der Waals surface area contributed by atoms with Gasteiger partial charge in [0.15, 0.2) is 0 Å². The smallest absolute Gasteiger partial charge is 0.224 e. The normalized spacial score (nSPS) is 17.0. The number of amides is 1. The van der Waals surface area contributed by atoms with Crippen molar-refractivity contribution < 1.29 is 4.79 Å². The second-order valence-electron chi connectivity index (χ2n) is 8.09. The van der Waals surface area contributed by atoms with Gasteiger partial charge in [-0.15, -0.1) is 0 Å². The van der Waals surface area contributed by atoms with Gasteiger partial charge in [-0.3, -0.25) is 14.7 Å². The third kappa shape index (κ3) is 5.26. The number of halogens is 2. The molecule has 2 aromatic rings. The van der Waals surface area contributed by atoms with Gasteiger partial charge < -0.3 is 10.2 Å². The quantitative estimate of drug-likeness (QED) is 0.619. The van der Waals surface area contributed by atoms with Gasteiger partial charge in [-0.1, -0.05) is 35.7 Å². The summed E-state index contributed by atoms with van der Waals surface area (Å²) in [5, 5.41) is 4.24. The molecule has 2 aliphatic heterocycles. The van der Waals surface area contributed by atoms with Crippen LogP contribution in [0.1, 0.15) is 36.9 Å². The Bertz CT molecular complexity index is 897. The topological polar surface area (TPSA) is 48.5 Å². The molecule has 1 aromatic heterocycles. The molecule has 0 spiro atoms. The lowest BCUT2D eigenvalue weighted by Crippen LogP contribution is -2.46. The van der Waals surface area contributed by atoms with Gasteiger partial charge >= 0.3 is 0 Å². The second-order valence-corrected chi connectivity index (χ2v) is 8.88. The first kappa shape index (κ1) is 21.4. The summed E-state index contributed by atoms with van der Waals surface area (Å²) in [6, 6.07) is 7.89. The van der Waals surface area contributed by atoms with Crippen molar-refractivity contribution in [3.8, 4) is 0 Å². The summed E-state index contributed by atoms with van der Waals surface area (Å²) >= 11 is 12.5. The molecule has 3 heterocycles. The number of nitrogens with zero attached hydrogens (tertiary/aromatic N) is 3. The number of hydrogen-bond acceptors (Lipinski definition) is 4. The molecule has 1 amide bonds. The SMILES string of the molecule is O=C1CCc2cnc(CCCCCN3CCN(c4cccc(Cl)c4Cl)CC3)cc2N1. The third-order valence-electron chi connectivity index (χ3n) is 5.99. The van der Waals surface area contributed by atoms with Crippen molar-refractivity contribution >= 4 is 40.5 Å². The maximum absolute atomic E-state index is 11.6. The number of aryl methyl sites for hydroxylation is 2. The van der Waals surface area contributed by atoms with Crippen LogP contribution in [0.3, 0.4) is 0 Å². The van der Waals surface area contributed by atoms with Crippen LogP contribution in [0.5, 0.6) is 0 Å². The molecule has 2 aliphatic rings. The van der Waals surface area contributed by atoms with E-state index in [1.165, 1.54) is 12.8 Å². The van der Waals surface area contributed by atoms with E-state index in [1.807, 2.05) is 30.5 Å². The van der Waals surface area contributed by atoms with E-state index in [0.717, 1.165) is 74.6 Å². The molecule has 0 unspecified atom stereocenters. The Hall–Kier alpha value is -1.82. The van der Waals surface area contributed by atoms with Gasteiger partial charge in [-0.05, 0) is 56.0 Å². The van der Waals surface area contributed by atoms with E-state index in [1.54, 1.807) is 0 Å². The number of unbranched alkanes of at least 4 members (excludes halogenated alkanes) is 2. The minimum Gasteiger partial charge on any atom is -0.368 e. The van der Waals surface area contributed by atoms with Gasteiger partial charge in [-0.25, -0.2) is 0 Å². The Kier molecular flexibility index (Phi) is 7.13. The van der Waals surface area contributed by atoms with Crippen molar-refractivity contribution in [2.75, 3.05) is 42.9 Å². The van der Waals surface area contributed by atoms with E-state index in [2.05, 4.69) is 20.1 Å². The van der Waals surface area contributed by atoms with E-state index in [0.29, 0.717) is 16.5 Å². The number of rotatable bonds is 7. The van der Waals surface area contributed by atoms with Crippen molar-refractivity contribution in [1.82, 2.24) is 9.88 Å². The van der Waals surface area contributed by atoms with Gasteiger partial charge in [0.1, 0.15) is 0 Å². The number of carbonyl (C=O) groups excluding carboxylic acids is 1. The minimum atomic E-state index is 0.109. The first-order valence-electron chi connectivity index (χ1n) is 10.8. The highest BCUT2D eigenvalue weighted by molar-refractivity contribution is 6.43. The zero-order valence-electron chi connectivity index (χ0n) is 17.2. The standard InChI is InChI=1S/C23H28Cl2N4O/c24-19-6-4-7-21(23(19)25)29-13-11-28(12-14-29)10-3-1-2-5-18-15-20-17(16-26-18)8-9-22(30)27-20/h4,6-7,15-16H,1-3,5,8-14H2,(H,27,30). The lowest BCUT2D eigenvalue weighted by Gasteiger charge is -2.36. The average molecular weight is 447 g/mol. The highest BCUT2D eigenvalue weighted by Crippen LogP contribution is 2.32. The summed E-state index contributed by atoms with van der Waals surface area (Å²) in [6.07, 6.45) is 7.75. The molecule has 160 valence electrons. The maximum atomic E-state index is 11.6. The molecule has 5 nitrogen and oxygen atoms in total. The van der Waals surface area contributed by atoms with Crippen LogP contribution >= 0.6 is 23.2 Å². The Labute approximate surface area is 188 Å². The van der Waals surface area contributed by atoms with Crippen molar-refractivity contribution in [3.63, 3.8) is 0 Å². The van der Waals surface area contributed by atoms with E-state index in [9.17, 15) is 4.79 Å². The number of fused-ring (bicyclic) bond motifs is 1. The number of nitrogens with one attached hydrogen (secondary N) is 1. The van der Waals surface area contributed by atoms with Crippen LogP contribution in [-0.4, -0.2) is 48.5 Å². The van der Waals surface area contributed by atoms with Crippen LogP contribution in [-0.2, 0) is 17.6 Å². The highest BCUT2D eigenvalue weighted by Gasteiger charge is 2.19. The van der Waals surface area contributed by atoms with E-state index in [4.69, 9.17) is 23.2 Å². The molecular formula is C23H28Cl2N4O. The first-order valence-corrected chi connectivity index (χ1v) is 11.5. The molecule has 0 bridgehead atoms. The van der Waals surface area contributed by atoms with Gasteiger partial charge in [0.05, 0.1) is 15.7 Å². The lowest BCUT2D eigenvalue weighted by atomic mass is 10.0. The van der Waals surface area contributed by atoms with Crippen molar-refractivity contribution in [3.05, 3.63) is 51.8 Å². The Morgan fingerprint density at radius 3 is 2.70 bits per heavy atom. The van der Waals surface area contributed by atoms with Crippen molar-refractivity contribution in [1.29, 1.82) is 0 Å². The molecule has 1 aromatic carbocycles. The lowest BCUT2D eigenvalue weighted by molar-refractivity contribution is -0.116. The van der Waals surface area contributed by atoms with Gasteiger partial charge in [0.2, 0.25) is 5.91 Å². The summed E-state index contributed by atoms with van der Waals surface area (Å²) in [4.78, 5) is 21.0. The zero-order chi connectivity index (χ0) is 20.9. The Balaban J connectivity index is 1.15. The Morgan fingerprint density at radius 2 is 1.87 bits per heavy atom. The fourth-order valence-electron chi connectivity index (χ4n) is 4.21. The minimum absolute atomic E-state index is 0.109. The molecule has 1 saturated heterocycles. The monoisotopic (exact) mass is 446 g/mol. The summed E-state index contributed by atoms with van der Waals surface area (Å²) in [6.45, 7) is 5.18. The van der Waals surface area contributed by atoms with Crippen LogP contribution in [0, 0.1) is 0 Å². The number of hydrogen-bond donors (Lipinski definition) is 1. The van der Waals surface area contributed by atoms with Crippen LogP contribution in [0.25, 0.3) is 0 Å². The van der Waals surface area contributed by atoms with Gasteiger partial charge in [0.25, 0.3) is 0 Å². The summed E-state index contributed by atoms with van der Waals surface area (Å²) in [5.41, 5.74) is 4.21. The maximum Gasteiger partial charge on any atom is 0.224 e. The number of anilines is 2. The predicted molar refractivity (Wildman–Crippen MR) is 124 cm³/mol. The molecule has 0 saturated carbocycles. The summed E-state index contributed by atoms with van der Waals surface area (Å²) < 4.78 is 0. The van der Waals surface area contributed by atoms with Crippen molar-refractivity contribution in [2.24, 2.45) is 0 Å². The zero-order valence-corrected chi connectivity index (χ0v) is 18.7. The molecule has 7 heteroatoms. The number of benzene rings is 1. The molecule has 0 atom stereocenters. The molecule has 1 N–H and O–H groups in total. The molecule has 4 rings (SSSR count). The van der Waals surface area contributed by atoms with E-state index in [-0.39, 0.29) is 5.91 Å². The largest absolute Gasteiger partial charge is 0.368 e. The van der Waals surface area contributed by atoms with Crippen LogP contribution in [0.4, 0.5) is 11.4 Å². The number of pyridine rings is 1. The fourth-order valence-corrected chi connectivity index (χ4v) is 4.62. The van der Waals surface area contributed by atoms with Crippen molar-refractivity contribution in [2.45, 2.75) is 38.5 Å². The molecule has 0 aliphatic carbocycles. The van der Waals surface area contributed by atoms with Gasteiger partial charge in [-0.2, -0.15) is 0 Å². The first-order chi connectivity index (χ1) is 14.6. The summed E-state index contributed by atoms with van der Waals surface area (Å²) in [5.74, 6) is 0.109. The summed E-state index contributed by atoms with van der Waals surface area (Å²) in [7, 11) is 0. The van der Waals surface area contributed by atoms with Gasteiger partial charge in [0, 0.05) is 50.2 Å². The van der Waals surface area contributed by atoms with E-state index >= 15 is 0 Å². The number of carbonyl (C=O) groups is 1. The highest BCUT2D eigenvalue weighted by atomic mass is 35.5. The fraction of sp³-hybridized carbons (Fsp3) is 0.478. The second kappa shape index (κ2) is 9.99. The molecule has 30 heavy (non-hydrogen) atoms. The number of aromatic nitrogens is 1. The van der Waals surface area contributed by atoms with Crippen LogP contribution in [0.15, 0.2) is 30.5 Å².